The second-order valence-electron chi connectivity index (χ2n) is 6.86. The second kappa shape index (κ2) is 6.51. The minimum Gasteiger partial charge on any atom is -0.262 e. The van der Waals surface area contributed by atoms with E-state index in [4.69, 9.17) is 11.6 Å². The van der Waals surface area contributed by atoms with E-state index in [9.17, 15) is 26.3 Å². The maximum atomic E-state index is 13.2. The van der Waals surface area contributed by atoms with Gasteiger partial charge in [-0.25, -0.2) is 19.5 Å². The molecule has 7 nitrogen and oxygen atoms in total. The summed E-state index contributed by atoms with van der Waals surface area (Å²) < 4.78 is 81.4. The van der Waals surface area contributed by atoms with Crippen molar-refractivity contribution in [3.63, 3.8) is 0 Å². The summed E-state index contributed by atoms with van der Waals surface area (Å²) in [6, 6.07) is 0.934. The van der Waals surface area contributed by atoms with Crippen LogP contribution in [0.4, 0.5) is 26.3 Å². The fourth-order valence-corrected chi connectivity index (χ4v) is 4.91. The molecular formula is C17H8ClF6N7S. The molecule has 0 saturated heterocycles. The van der Waals surface area contributed by atoms with Gasteiger partial charge in [-0.2, -0.15) is 31.4 Å². The van der Waals surface area contributed by atoms with E-state index in [2.05, 4.69) is 25.1 Å². The number of thiophene rings is 1. The zero-order chi connectivity index (χ0) is 23.2. The monoisotopic (exact) mass is 491 g/mol. The molecule has 0 unspecified atom stereocenters. The molecule has 0 spiro atoms. The molecule has 0 fully saturated rings. The van der Waals surface area contributed by atoms with Crippen molar-refractivity contribution < 1.29 is 26.3 Å². The van der Waals surface area contributed by atoms with E-state index in [-0.39, 0.29) is 22.0 Å². The van der Waals surface area contributed by atoms with Crippen LogP contribution < -0.4 is 0 Å². The fourth-order valence-electron chi connectivity index (χ4n) is 3.38. The van der Waals surface area contributed by atoms with Gasteiger partial charge >= 0.3 is 12.4 Å². The number of pyridine rings is 1. The molecule has 0 N–H and O–H groups in total. The Labute approximate surface area is 182 Å². The molecule has 5 aromatic rings. The van der Waals surface area contributed by atoms with Crippen molar-refractivity contribution in [1.82, 2.24) is 34.3 Å². The van der Waals surface area contributed by atoms with Crippen LogP contribution in [0.3, 0.4) is 0 Å². The Morgan fingerprint density at radius 3 is 2.38 bits per heavy atom. The maximum Gasteiger partial charge on any atom is 0.436 e. The van der Waals surface area contributed by atoms with Crippen molar-refractivity contribution in [3.05, 3.63) is 34.4 Å². The molecule has 5 heterocycles. The van der Waals surface area contributed by atoms with Crippen LogP contribution in [-0.2, 0) is 19.4 Å². The van der Waals surface area contributed by atoms with E-state index in [1.54, 1.807) is 0 Å². The lowest BCUT2D eigenvalue weighted by Gasteiger charge is -2.06. The highest BCUT2D eigenvalue weighted by atomic mass is 35.5. The van der Waals surface area contributed by atoms with Gasteiger partial charge in [0.15, 0.2) is 11.3 Å². The lowest BCUT2D eigenvalue weighted by Crippen LogP contribution is -2.07. The first-order valence-electron chi connectivity index (χ1n) is 8.68. The minimum atomic E-state index is -4.77. The third-order valence-corrected chi connectivity index (χ3v) is 6.15. The average Bonchev–Trinajstić information content (AvgIpc) is 3.32. The molecule has 5 rings (SSSR count). The molecule has 15 heteroatoms. The molecule has 166 valence electrons. The van der Waals surface area contributed by atoms with Gasteiger partial charge in [0, 0.05) is 12.4 Å². The summed E-state index contributed by atoms with van der Waals surface area (Å²) in [7, 11) is 1.27. The van der Waals surface area contributed by atoms with E-state index in [1.807, 2.05) is 0 Å². The van der Waals surface area contributed by atoms with Gasteiger partial charge in [-0.1, -0.05) is 11.6 Å². The molecule has 0 saturated carbocycles. The summed E-state index contributed by atoms with van der Waals surface area (Å²) in [5.74, 6) is -0.145. The number of halogens is 7. The first kappa shape index (κ1) is 20.9. The van der Waals surface area contributed by atoms with E-state index in [1.165, 1.54) is 24.8 Å². The van der Waals surface area contributed by atoms with Gasteiger partial charge in [-0.3, -0.25) is 4.68 Å². The molecule has 0 amide bonds. The zero-order valence-corrected chi connectivity index (χ0v) is 17.4. The number of aromatic nitrogens is 7. The van der Waals surface area contributed by atoms with Crippen LogP contribution >= 0.6 is 22.9 Å². The second-order valence-corrected chi connectivity index (χ2v) is 8.24. The van der Waals surface area contributed by atoms with Crippen molar-refractivity contribution in [2.75, 3.05) is 0 Å². The van der Waals surface area contributed by atoms with Crippen LogP contribution in [0.25, 0.3) is 37.6 Å². The van der Waals surface area contributed by atoms with Crippen molar-refractivity contribution in [2.45, 2.75) is 19.3 Å². The van der Waals surface area contributed by atoms with Crippen LogP contribution in [0, 0.1) is 6.92 Å². The van der Waals surface area contributed by atoms with Crippen molar-refractivity contribution >= 4 is 49.0 Å². The lowest BCUT2D eigenvalue weighted by molar-refractivity contribution is -0.142. The summed E-state index contributed by atoms with van der Waals surface area (Å²) in [4.78, 5) is 12.4. The zero-order valence-electron chi connectivity index (χ0n) is 15.8. The van der Waals surface area contributed by atoms with Crippen LogP contribution in [0.15, 0.2) is 12.4 Å². The predicted octanol–water partition coefficient (Wildman–Crippen LogP) is 5.29. The average molecular weight is 492 g/mol. The number of rotatable bonds is 1. The van der Waals surface area contributed by atoms with Crippen LogP contribution in [-0.4, -0.2) is 34.3 Å². The number of hydrogen-bond acceptors (Lipinski definition) is 6. The number of aryl methyl sites for hydroxylation is 2. The Hall–Kier alpha value is -3.00. The normalized spacial score (nSPS) is 13.2. The molecule has 0 radical (unpaired) electrons. The van der Waals surface area contributed by atoms with Crippen molar-refractivity contribution in [2.24, 2.45) is 7.05 Å². The Morgan fingerprint density at radius 1 is 1.03 bits per heavy atom. The number of fused-ring (bicyclic) bond motifs is 5. The van der Waals surface area contributed by atoms with E-state index >= 15 is 0 Å². The maximum absolute atomic E-state index is 13.2. The highest BCUT2D eigenvalue weighted by Gasteiger charge is 2.39. The third kappa shape index (κ3) is 3.00. The molecule has 0 aliphatic heterocycles. The van der Waals surface area contributed by atoms with Crippen molar-refractivity contribution in [3.8, 4) is 11.5 Å². The minimum absolute atomic E-state index is 0.107. The van der Waals surface area contributed by atoms with Gasteiger partial charge in [0.05, 0.1) is 5.52 Å². The number of nitrogens with zero attached hydrogens (tertiary/aromatic N) is 7. The SMILES string of the molecule is Cc1cc(C(F)(F)F)nc2sc3c(ncn4nc(-c5c(Cl)c(C(F)(F)F)nn5C)nc34)c12. The van der Waals surface area contributed by atoms with Gasteiger partial charge in [0.1, 0.15) is 32.3 Å². The largest absolute Gasteiger partial charge is 0.436 e. The molecule has 0 aliphatic rings. The molecule has 5 aromatic heterocycles. The predicted molar refractivity (Wildman–Crippen MR) is 103 cm³/mol. The van der Waals surface area contributed by atoms with Crippen LogP contribution in [0.2, 0.25) is 5.02 Å². The van der Waals surface area contributed by atoms with Crippen LogP contribution in [0.5, 0.6) is 0 Å². The summed E-state index contributed by atoms with van der Waals surface area (Å²) >= 11 is 6.85. The Morgan fingerprint density at radius 2 is 1.75 bits per heavy atom. The summed E-state index contributed by atoms with van der Waals surface area (Å²) in [5.41, 5.74) is -1.59. The quantitative estimate of drug-likeness (QED) is 0.298. The van der Waals surface area contributed by atoms with Gasteiger partial charge in [0.25, 0.3) is 0 Å². The van der Waals surface area contributed by atoms with Gasteiger partial charge in [0.2, 0.25) is 5.82 Å². The van der Waals surface area contributed by atoms with Gasteiger partial charge in [-0.05, 0) is 18.6 Å². The summed E-state index contributed by atoms with van der Waals surface area (Å²) in [6.07, 6.45) is -8.12. The molecule has 32 heavy (non-hydrogen) atoms. The summed E-state index contributed by atoms with van der Waals surface area (Å²) in [6.45, 7) is 1.51. The first-order valence-corrected chi connectivity index (χ1v) is 9.88. The lowest BCUT2D eigenvalue weighted by atomic mass is 10.1. The summed E-state index contributed by atoms with van der Waals surface area (Å²) in [5, 5.41) is 7.32. The highest BCUT2D eigenvalue weighted by Crippen LogP contribution is 2.41. The Bertz CT molecular complexity index is 1550. The van der Waals surface area contributed by atoms with Crippen molar-refractivity contribution in [1.29, 1.82) is 0 Å². The fraction of sp³-hybridized carbons (Fsp3) is 0.235. The molecule has 0 aromatic carbocycles. The highest BCUT2D eigenvalue weighted by molar-refractivity contribution is 7.26. The van der Waals surface area contributed by atoms with Gasteiger partial charge in [-0.15, -0.1) is 16.4 Å². The van der Waals surface area contributed by atoms with E-state index < -0.39 is 28.8 Å². The standard InChI is InChI=1S/C17H8ClF6N7S/c1-5-3-6(16(19,20)21)26-15-7(5)9-11(32-15)14-27-13(29-31(14)4-25-9)10-8(18)12(17(22,23)24)28-30(10)2/h3-4H,1-2H3. The van der Waals surface area contributed by atoms with Gasteiger partial charge < -0.3 is 0 Å². The molecule has 0 atom stereocenters. The number of hydrogen-bond donors (Lipinski definition) is 0. The molecule has 0 aliphatic carbocycles. The van der Waals surface area contributed by atoms with Crippen LogP contribution in [0.1, 0.15) is 17.0 Å². The Kier molecular flexibility index (Phi) is 4.25. The topological polar surface area (TPSA) is 73.8 Å². The Balaban J connectivity index is 1.77. The first-order chi connectivity index (χ1) is 14.9. The van der Waals surface area contributed by atoms with E-state index in [0.717, 1.165) is 22.1 Å². The number of alkyl halides is 6. The molecular weight excluding hydrogens is 484 g/mol. The third-order valence-electron chi connectivity index (χ3n) is 4.72. The smallest absolute Gasteiger partial charge is 0.262 e. The van der Waals surface area contributed by atoms with E-state index in [0.29, 0.717) is 21.2 Å². The molecule has 0 bridgehead atoms.